The number of ether oxygens (including phenoxy) is 1. The van der Waals surface area contributed by atoms with Gasteiger partial charge in [0.1, 0.15) is 0 Å². The standard InChI is InChI=1S/C23H31N3O2S/c1-17-15-24-22(29-17)25-21(27)23(8-11-28-12-9-23)14-18-5-3-6-19(13-18)20-7-4-10-26(2)16-20/h3,5-6,13,15,20H,4,7-12,14,16H2,1-2H3,(H,24,25,27). The molecule has 0 radical (unpaired) electrons. The van der Waals surface area contributed by atoms with Crippen LogP contribution in [-0.2, 0) is 16.0 Å². The Kier molecular flexibility index (Phi) is 6.32. The predicted molar refractivity (Wildman–Crippen MR) is 118 cm³/mol. The SMILES string of the molecule is Cc1cnc(NC(=O)C2(Cc3cccc(C4CCCN(C)C4)c3)CCOCC2)s1. The number of carbonyl (C=O) groups excluding carboxylic acids is 1. The lowest BCUT2D eigenvalue weighted by molar-refractivity contribution is -0.131. The lowest BCUT2D eigenvalue weighted by Crippen LogP contribution is -2.42. The highest BCUT2D eigenvalue weighted by atomic mass is 32.1. The molecule has 4 rings (SSSR count). The Balaban J connectivity index is 1.53. The maximum atomic E-state index is 13.3. The molecule has 1 N–H and O–H groups in total. The van der Waals surface area contributed by atoms with Gasteiger partial charge in [-0.25, -0.2) is 4.98 Å². The number of hydrogen-bond donors (Lipinski definition) is 1. The normalized spacial score (nSPS) is 22.3. The Morgan fingerprint density at radius 2 is 2.21 bits per heavy atom. The van der Waals surface area contributed by atoms with Gasteiger partial charge in [0.2, 0.25) is 5.91 Å². The molecular weight excluding hydrogens is 382 g/mol. The lowest BCUT2D eigenvalue weighted by Gasteiger charge is -2.36. The van der Waals surface area contributed by atoms with Gasteiger partial charge >= 0.3 is 0 Å². The quantitative estimate of drug-likeness (QED) is 0.797. The van der Waals surface area contributed by atoms with Crippen molar-refractivity contribution >= 4 is 22.4 Å². The van der Waals surface area contributed by atoms with E-state index < -0.39 is 5.41 Å². The first kappa shape index (κ1) is 20.5. The first-order valence-corrected chi connectivity index (χ1v) is 11.4. The van der Waals surface area contributed by atoms with E-state index in [1.165, 1.54) is 41.9 Å². The van der Waals surface area contributed by atoms with Gasteiger partial charge < -0.3 is 15.0 Å². The molecule has 156 valence electrons. The van der Waals surface area contributed by atoms with E-state index in [2.05, 4.69) is 46.5 Å². The summed E-state index contributed by atoms with van der Waals surface area (Å²) in [7, 11) is 2.21. The molecule has 2 aliphatic heterocycles. The molecule has 2 aliphatic rings. The Morgan fingerprint density at radius 1 is 1.38 bits per heavy atom. The van der Waals surface area contributed by atoms with E-state index in [4.69, 9.17) is 4.74 Å². The average molecular weight is 414 g/mol. The molecule has 0 bridgehead atoms. The van der Waals surface area contributed by atoms with Crippen LogP contribution in [0.4, 0.5) is 5.13 Å². The Hall–Kier alpha value is -1.76. The second-order valence-electron chi connectivity index (χ2n) is 8.65. The molecule has 2 aromatic rings. The summed E-state index contributed by atoms with van der Waals surface area (Å²) < 4.78 is 5.60. The minimum absolute atomic E-state index is 0.0814. The van der Waals surface area contributed by atoms with Gasteiger partial charge in [-0.15, -0.1) is 11.3 Å². The van der Waals surface area contributed by atoms with E-state index in [-0.39, 0.29) is 5.91 Å². The zero-order chi connectivity index (χ0) is 20.3. The molecule has 6 heteroatoms. The van der Waals surface area contributed by atoms with Crippen molar-refractivity contribution in [1.29, 1.82) is 0 Å². The van der Waals surface area contributed by atoms with E-state index in [0.717, 1.165) is 30.7 Å². The van der Waals surface area contributed by atoms with Crippen LogP contribution in [0.2, 0.25) is 0 Å². The third-order valence-electron chi connectivity index (χ3n) is 6.36. The van der Waals surface area contributed by atoms with Gasteiger partial charge in [-0.05, 0) is 69.7 Å². The van der Waals surface area contributed by atoms with Crippen LogP contribution >= 0.6 is 11.3 Å². The smallest absolute Gasteiger partial charge is 0.232 e. The van der Waals surface area contributed by atoms with Crippen LogP contribution in [0, 0.1) is 12.3 Å². The van der Waals surface area contributed by atoms with Crippen molar-refractivity contribution in [3.8, 4) is 0 Å². The summed E-state index contributed by atoms with van der Waals surface area (Å²) in [6.07, 6.45) is 6.56. The van der Waals surface area contributed by atoms with Crippen LogP contribution in [0.5, 0.6) is 0 Å². The van der Waals surface area contributed by atoms with Crippen LogP contribution in [0.15, 0.2) is 30.5 Å². The Labute approximate surface area is 177 Å². The molecule has 2 saturated heterocycles. The second-order valence-corrected chi connectivity index (χ2v) is 9.88. The van der Waals surface area contributed by atoms with E-state index in [9.17, 15) is 4.79 Å². The zero-order valence-corrected chi connectivity index (χ0v) is 18.3. The lowest BCUT2D eigenvalue weighted by atomic mass is 9.74. The van der Waals surface area contributed by atoms with Crippen LogP contribution < -0.4 is 5.32 Å². The molecular formula is C23H31N3O2S. The van der Waals surface area contributed by atoms with Gasteiger partial charge in [0.15, 0.2) is 5.13 Å². The van der Waals surface area contributed by atoms with Gasteiger partial charge in [0.05, 0.1) is 5.41 Å². The van der Waals surface area contributed by atoms with Crippen LogP contribution in [-0.4, -0.2) is 49.1 Å². The molecule has 0 saturated carbocycles. The number of nitrogens with zero attached hydrogens (tertiary/aromatic N) is 2. The van der Waals surface area contributed by atoms with Crippen molar-refractivity contribution in [2.24, 2.45) is 5.41 Å². The molecule has 2 fully saturated rings. The third kappa shape index (κ3) is 4.87. The molecule has 1 atom stereocenters. The Morgan fingerprint density at radius 3 is 2.93 bits per heavy atom. The molecule has 0 spiro atoms. The minimum atomic E-state index is -0.431. The van der Waals surface area contributed by atoms with Crippen molar-refractivity contribution in [2.75, 3.05) is 38.7 Å². The van der Waals surface area contributed by atoms with Crippen molar-refractivity contribution in [3.63, 3.8) is 0 Å². The summed E-state index contributed by atoms with van der Waals surface area (Å²) >= 11 is 1.53. The number of likely N-dealkylation sites (tertiary alicyclic amines) is 1. The third-order valence-corrected chi connectivity index (χ3v) is 7.19. The fourth-order valence-corrected chi connectivity index (χ4v) is 5.33. The number of benzene rings is 1. The minimum Gasteiger partial charge on any atom is -0.381 e. The molecule has 3 heterocycles. The first-order chi connectivity index (χ1) is 14.0. The first-order valence-electron chi connectivity index (χ1n) is 10.6. The van der Waals surface area contributed by atoms with Gasteiger partial charge in [-0.1, -0.05) is 24.3 Å². The van der Waals surface area contributed by atoms with Gasteiger partial charge in [-0.2, -0.15) is 0 Å². The van der Waals surface area contributed by atoms with Gasteiger partial charge in [-0.3, -0.25) is 4.79 Å². The summed E-state index contributed by atoms with van der Waals surface area (Å²) in [5.41, 5.74) is 2.23. The van der Waals surface area contributed by atoms with Crippen LogP contribution in [0.3, 0.4) is 0 Å². The maximum Gasteiger partial charge on any atom is 0.232 e. The van der Waals surface area contributed by atoms with E-state index in [1.807, 2.05) is 13.1 Å². The summed E-state index contributed by atoms with van der Waals surface area (Å²) in [5.74, 6) is 0.671. The fraction of sp³-hybridized carbons (Fsp3) is 0.565. The summed E-state index contributed by atoms with van der Waals surface area (Å²) in [4.78, 5) is 21.2. The number of carbonyl (C=O) groups is 1. The number of hydrogen-bond acceptors (Lipinski definition) is 5. The molecule has 1 aromatic carbocycles. The van der Waals surface area contributed by atoms with Crippen molar-refractivity contribution in [1.82, 2.24) is 9.88 Å². The summed E-state index contributed by atoms with van der Waals surface area (Å²) in [6, 6.07) is 8.92. The Bertz CT molecular complexity index is 844. The molecule has 1 amide bonds. The summed E-state index contributed by atoms with van der Waals surface area (Å²) in [6.45, 7) is 5.59. The van der Waals surface area contributed by atoms with Gasteiger partial charge in [0.25, 0.3) is 0 Å². The summed E-state index contributed by atoms with van der Waals surface area (Å²) in [5, 5.41) is 3.78. The number of likely N-dealkylation sites (N-methyl/N-ethyl adjacent to an activating group) is 1. The molecule has 5 nitrogen and oxygen atoms in total. The van der Waals surface area contributed by atoms with Crippen LogP contribution in [0.25, 0.3) is 0 Å². The van der Waals surface area contributed by atoms with Gasteiger partial charge in [0, 0.05) is 30.8 Å². The number of thiazole rings is 1. The predicted octanol–water partition coefficient (Wildman–Crippen LogP) is 4.24. The second kappa shape index (κ2) is 8.94. The number of nitrogens with one attached hydrogen (secondary N) is 1. The maximum absolute atomic E-state index is 13.3. The monoisotopic (exact) mass is 413 g/mol. The number of piperidine rings is 1. The molecule has 1 unspecified atom stereocenters. The topological polar surface area (TPSA) is 54.5 Å². The molecule has 1 aromatic heterocycles. The number of amides is 1. The van der Waals surface area contributed by atoms with E-state index >= 15 is 0 Å². The van der Waals surface area contributed by atoms with E-state index in [1.54, 1.807) is 0 Å². The largest absolute Gasteiger partial charge is 0.381 e. The highest BCUT2D eigenvalue weighted by Crippen LogP contribution is 2.37. The highest BCUT2D eigenvalue weighted by Gasteiger charge is 2.40. The number of aromatic nitrogens is 1. The van der Waals surface area contributed by atoms with Crippen molar-refractivity contribution < 1.29 is 9.53 Å². The fourth-order valence-electron chi connectivity index (χ4n) is 4.67. The van der Waals surface area contributed by atoms with E-state index in [0.29, 0.717) is 24.3 Å². The molecule has 29 heavy (non-hydrogen) atoms. The van der Waals surface area contributed by atoms with Crippen molar-refractivity contribution in [3.05, 3.63) is 46.5 Å². The molecule has 0 aliphatic carbocycles. The number of aryl methyl sites for hydroxylation is 1. The zero-order valence-electron chi connectivity index (χ0n) is 17.4. The average Bonchev–Trinajstić information content (AvgIpc) is 3.13. The number of rotatable bonds is 5. The van der Waals surface area contributed by atoms with Crippen LogP contribution in [0.1, 0.15) is 47.6 Å². The highest BCUT2D eigenvalue weighted by molar-refractivity contribution is 7.15. The number of anilines is 1. The van der Waals surface area contributed by atoms with Crippen molar-refractivity contribution in [2.45, 2.75) is 44.9 Å².